The Hall–Kier alpha value is -2.17. The van der Waals surface area contributed by atoms with E-state index in [2.05, 4.69) is 31.2 Å². The Morgan fingerprint density at radius 1 is 1.30 bits per heavy atom. The molecule has 27 heavy (non-hydrogen) atoms. The summed E-state index contributed by atoms with van der Waals surface area (Å²) in [6.45, 7) is 2.76. The second-order valence-corrected chi connectivity index (χ2v) is 6.43. The summed E-state index contributed by atoms with van der Waals surface area (Å²) in [5.41, 5.74) is 3.17. The van der Waals surface area contributed by atoms with E-state index >= 15 is 0 Å². The van der Waals surface area contributed by atoms with Crippen LogP contribution in [0.25, 0.3) is 0 Å². The van der Waals surface area contributed by atoms with Crippen molar-refractivity contribution in [3.8, 4) is 11.5 Å². The first kappa shape index (κ1) is 21.1. The van der Waals surface area contributed by atoms with Crippen LogP contribution in [0.4, 0.5) is 0 Å². The van der Waals surface area contributed by atoms with Crippen LogP contribution in [-0.2, 0) is 19.1 Å². The van der Waals surface area contributed by atoms with E-state index in [1.807, 2.05) is 4.90 Å². The molecule has 0 atom stereocenters. The molecule has 1 aliphatic rings. The van der Waals surface area contributed by atoms with Crippen LogP contribution in [0.2, 0.25) is 0 Å². The van der Waals surface area contributed by atoms with Crippen LogP contribution in [-0.4, -0.2) is 76.7 Å². The van der Waals surface area contributed by atoms with Gasteiger partial charge in [-0.1, -0.05) is 0 Å². The molecular formula is C17H22BrN3O6. The summed E-state index contributed by atoms with van der Waals surface area (Å²) in [4.78, 5) is 25.1. The Labute approximate surface area is 165 Å². The monoisotopic (exact) mass is 443 g/mol. The number of rotatable bonds is 8. The fourth-order valence-electron chi connectivity index (χ4n) is 2.29. The predicted molar refractivity (Wildman–Crippen MR) is 101 cm³/mol. The molecule has 148 valence electrons. The SMILES string of the molecule is COC(=O)COc1cc(Br)c(C=NNC(=O)CN2CCOCC2)cc1OC. The summed E-state index contributed by atoms with van der Waals surface area (Å²) >= 11 is 3.40. The Bertz CT molecular complexity index is 691. The Kier molecular flexibility index (Phi) is 8.49. The van der Waals surface area contributed by atoms with Crippen molar-refractivity contribution in [3.63, 3.8) is 0 Å². The number of carbonyl (C=O) groups excluding carboxylic acids is 2. The van der Waals surface area contributed by atoms with Crippen molar-refractivity contribution in [1.82, 2.24) is 10.3 Å². The molecule has 1 aromatic rings. The highest BCUT2D eigenvalue weighted by Crippen LogP contribution is 2.32. The van der Waals surface area contributed by atoms with Crippen molar-refractivity contribution >= 4 is 34.0 Å². The van der Waals surface area contributed by atoms with E-state index < -0.39 is 5.97 Å². The van der Waals surface area contributed by atoms with Crippen molar-refractivity contribution in [2.75, 3.05) is 53.7 Å². The minimum absolute atomic E-state index is 0.200. The molecule has 0 radical (unpaired) electrons. The smallest absolute Gasteiger partial charge is 0.343 e. The van der Waals surface area contributed by atoms with E-state index in [4.69, 9.17) is 14.2 Å². The van der Waals surface area contributed by atoms with E-state index in [0.717, 1.165) is 13.1 Å². The van der Waals surface area contributed by atoms with Gasteiger partial charge in [-0.2, -0.15) is 5.10 Å². The van der Waals surface area contributed by atoms with E-state index in [0.29, 0.717) is 34.7 Å². The molecular weight excluding hydrogens is 422 g/mol. The van der Waals surface area contributed by atoms with Crippen LogP contribution in [0.1, 0.15) is 5.56 Å². The molecule has 1 aliphatic heterocycles. The molecule has 9 nitrogen and oxygen atoms in total. The number of ether oxygens (including phenoxy) is 4. The lowest BCUT2D eigenvalue weighted by molar-refractivity contribution is -0.142. The van der Waals surface area contributed by atoms with E-state index in [1.54, 1.807) is 12.1 Å². The minimum atomic E-state index is -0.498. The zero-order valence-corrected chi connectivity index (χ0v) is 16.8. The van der Waals surface area contributed by atoms with Gasteiger partial charge in [0.05, 0.1) is 40.2 Å². The molecule has 10 heteroatoms. The first-order chi connectivity index (χ1) is 13.0. The van der Waals surface area contributed by atoms with Gasteiger partial charge in [0.2, 0.25) is 0 Å². The topological polar surface area (TPSA) is 98.7 Å². The fraction of sp³-hybridized carbons (Fsp3) is 0.471. The van der Waals surface area contributed by atoms with Crippen LogP contribution < -0.4 is 14.9 Å². The number of nitrogens with zero attached hydrogens (tertiary/aromatic N) is 2. The zero-order valence-electron chi connectivity index (χ0n) is 15.2. The average molecular weight is 444 g/mol. The van der Waals surface area contributed by atoms with Gasteiger partial charge >= 0.3 is 5.97 Å². The van der Waals surface area contributed by atoms with Crippen molar-refractivity contribution < 1.29 is 28.5 Å². The predicted octanol–water partition coefficient (Wildman–Crippen LogP) is 0.792. The van der Waals surface area contributed by atoms with Crippen molar-refractivity contribution in [2.24, 2.45) is 5.10 Å². The van der Waals surface area contributed by atoms with Gasteiger partial charge in [-0.05, 0) is 28.1 Å². The van der Waals surface area contributed by atoms with Gasteiger partial charge in [-0.25, -0.2) is 10.2 Å². The molecule has 0 aliphatic carbocycles. The molecule has 2 rings (SSSR count). The molecule has 1 amide bonds. The number of hydrogen-bond donors (Lipinski definition) is 1. The lowest BCUT2D eigenvalue weighted by atomic mass is 10.2. The third-order valence-corrected chi connectivity index (χ3v) is 4.41. The molecule has 1 fully saturated rings. The molecule has 1 saturated heterocycles. The van der Waals surface area contributed by atoms with Gasteiger partial charge in [0, 0.05) is 23.1 Å². The second-order valence-electron chi connectivity index (χ2n) is 5.57. The number of esters is 1. The standard InChI is InChI=1S/C17H22BrN3O6/c1-24-14-7-12(13(18)8-15(14)27-11-17(23)25-2)9-19-20-16(22)10-21-3-5-26-6-4-21/h7-9H,3-6,10-11H2,1-2H3,(H,20,22). The van der Waals surface area contributed by atoms with Crippen LogP contribution in [0, 0.1) is 0 Å². The molecule has 0 bridgehead atoms. The average Bonchev–Trinajstić information content (AvgIpc) is 2.68. The normalized spacial score (nSPS) is 14.8. The maximum absolute atomic E-state index is 11.9. The number of morpholine rings is 1. The highest BCUT2D eigenvalue weighted by atomic mass is 79.9. The molecule has 1 aromatic carbocycles. The number of methoxy groups -OCH3 is 2. The number of halogens is 1. The first-order valence-electron chi connectivity index (χ1n) is 8.22. The van der Waals surface area contributed by atoms with Crippen molar-refractivity contribution in [3.05, 3.63) is 22.2 Å². The maximum Gasteiger partial charge on any atom is 0.343 e. The number of amides is 1. The Balaban J connectivity index is 1.95. The Morgan fingerprint density at radius 2 is 2.04 bits per heavy atom. The summed E-state index contributed by atoms with van der Waals surface area (Å²) in [7, 11) is 2.77. The number of carbonyl (C=O) groups is 2. The van der Waals surface area contributed by atoms with Crippen LogP contribution >= 0.6 is 15.9 Å². The van der Waals surface area contributed by atoms with Crippen molar-refractivity contribution in [1.29, 1.82) is 0 Å². The quantitative estimate of drug-likeness (QED) is 0.360. The second kappa shape index (κ2) is 10.9. The van der Waals surface area contributed by atoms with Crippen LogP contribution in [0.3, 0.4) is 0 Å². The summed E-state index contributed by atoms with van der Waals surface area (Å²) in [5.74, 6) is 0.0996. The van der Waals surface area contributed by atoms with Crippen LogP contribution in [0.15, 0.2) is 21.7 Å². The molecule has 0 aromatic heterocycles. The van der Waals surface area contributed by atoms with Gasteiger partial charge in [0.15, 0.2) is 18.1 Å². The molecule has 1 N–H and O–H groups in total. The third kappa shape index (κ3) is 6.81. The van der Waals surface area contributed by atoms with Gasteiger partial charge in [-0.3, -0.25) is 9.69 Å². The number of hydrogen-bond acceptors (Lipinski definition) is 8. The van der Waals surface area contributed by atoms with Crippen LogP contribution in [0.5, 0.6) is 11.5 Å². The first-order valence-corrected chi connectivity index (χ1v) is 9.02. The maximum atomic E-state index is 11.9. The number of hydrazone groups is 1. The molecule has 0 saturated carbocycles. The summed E-state index contributed by atoms with van der Waals surface area (Å²) in [5, 5.41) is 3.98. The van der Waals surface area contributed by atoms with Gasteiger partial charge in [-0.15, -0.1) is 0 Å². The van der Waals surface area contributed by atoms with E-state index in [9.17, 15) is 9.59 Å². The zero-order chi connectivity index (χ0) is 19.6. The summed E-state index contributed by atoms with van der Waals surface area (Å²) < 4.78 is 21.1. The third-order valence-electron chi connectivity index (χ3n) is 3.72. The highest BCUT2D eigenvalue weighted by Gasteiger charge is 2.14. The minimum Gasteiger partial charge on any atom is -0.493 e. The summed E-state index contributed by atoms with van der Waals surface area (Å²) in [6.07, 6.45) is 1.49. The van der Waals surface area contributed by atoms with Gasteiger partial charge in [0.1, 0.15) is 0 Å². The fourth-order valence-corrected chi connectivity index (χ4v) is 2.71. The number of benzene rings is 1. The van der Waals surface area contributed by atoms with Crippen molar-refractivity contribution in [2.45, 2.75) is 0 Å². The van der Waals surface area contributed by atoms with Gasteiger partial charge in [0.25, 0.3) is 5.91 Å². The Morgan fingerprint density at radius 3 is 2.70 bits per heavy atom. The number of nitrogens with one attached hydrogen (secondary N) is 1. The molecule has 1 heterocycles. The molecule has 0 spiro atoms. The largest absolute Gasteiger partial charge is 0.493 e. The molecule has 0 unspecified atom stereocenters. The lowest BCUT2D eigenvalue weighted by Gasteiger charge is -2.25. The highest BCUT2D eigenvalue weighted by molar-refractivity contribution is 9.10. The van der Waals surface area contributed by atoms with E-state index in [-0.39, 0.29) is 19.1 Å². The lowest BCUT2D eigenvalue weighted by Crippen LogP contribution is -2.42. The van der Waals surface area contributed by atoms with Gasteiger partial charge < -0.3 is 18.9 Å². The summed E-state index contributed by atoms with van der Waals surface area (Å²) in [6, 6.07) is 3.33. The van der Waals surface area contributed by atoms with E-state index in [1.165, 1.54) is 20.4 Å².